The second-order valence-corrected chi connectivity index (χ2v) is 6.67. The van der Waals surface area contributed by atoms with Crippen LogP contribution in [0.15, 0.2) is 29.2 Å². The van der Waals surface area contributed by atoms with Crippen LogP contribution in [0.5, 0.6) is 0 Å². The predicted octanol–water partition coefficient (Wildman–Crippen LogP) is 0.450. The van der Waals surface area contributed by atoms with Crippen LogP contribution in [-0.2, 0) is 9.84 Å². The lowest BCUT2D eigenvalue weighted by molar-refractivity contribution is 0.129. The molecule has 0 aromatic heterocycles. The molecular formula is C13H22N2O3S. The van der Waals surface area contributed by atoms with Crippen molar-refractivity contribution in [2.45, 2.75) is 30.4 Å². The van der Waals surface area contributed by atoms with E-state index < -0.39 is 15.9 Å². The molecule has 6 heteroatoms. The third kappa shape index (κ3) is 4.01. The predicted molar refractivity (Wildman–Crippen MR) is 75.6 cm³/mol. The van der Waals surface area contributed by atoms with Crippen molar-refractivity contribution in [3.05, 3.63) is 29.8 Å². The number of rotatable bonds is 7. The van der Waals surface area contributed by atoms with Crippen molar-refractivity contribution < 1.29 is 13.5 Å². The molecule has 0 fully saturated rings. The van der Waals surface area contributed by atoms with Gasteiger partial charge in [-0.3, -0.25) is 0 Å². The van der Waals surface area contributed by atoms with Crippen LogP contribution < -0.4 is 11.1 Å². The molecule has 2 unspecified atom stereocenters. The molecule has 0 saturated carbocycles. The summed E-state index contributed by atoms with van der Waals surface area (Å²) < 4.78 is 23.4. The first-order valence-corrected chi connectivity index (χ1v) is 7.99. The molecule has 4 N–H and O–H groups in total. The van der Waals surface area contributed by atoms with Gasteiger partial charge in [0.2, 0.25) is 0 Å². The zero-order chi connectivity index (χ0) is 14.5. The molecule has 5 nitrogen and oxygen atoms in total. The average Bonchev–Trinajstić information content (AvgIpc) is 2.44. The molecular weight excluding hydrogens is 264 g/mol. The minimum Gasteiger partial charge on any atom is -0.387 e. The smallest absolute Gasteiger partial charge is 0.178 e. The van der Waals surface area contributed by atoms with Crippen molar-refractivity contribution in [2.24, 2.45) is 5.73 Å². The van der Waals surface area contributed by atoms with Gasteiger partial charge in [0, 0.05) is 6.04 Å². The van der Waals surface area contributed by atoms with E-state index in [2.05, 4.69) is 5.32 Å². The first kappa shape index (κ1) is 16.1. The Balaban J connectivity index is 2.92. The van der Waals surface area contributed by atoms with Crippen molar-refractivity contribution in [2.75, 3.05) is 19.3 Å². The standard InChI is InChI=1S/C13H22N2O3S/c1-3-19(17,18)11-6-4-10(5-7-11)13(16)12(15-2)8-9-14/h4-7,12-13,15-16H,3,8-9,14H2,1-2H3. The van der Waals surface area contributed by atoms with E-state index in [0.29, 0.717) is 18.5 Å². The number of hydrogen-bond donors (Lipinski definition) is 3. The van der Waals surface area contributed by atoms with Crippen molar-refractivity contribution in [3.8, 4) is 0 Å². The number of aliphatic hydroxyl groups excluding tert-OH is 1. The minimum absolute atomic E-state index is 0.0706. The summed E-state index contributed by atoms with van der Waals surface area (Å²) in [6, 6.07) is 6.22. The van der Waals surface area contributed by atoms with Gasteiger partial charge in [-0.1, -0.05) is 19.1 Å². The first-order chi connectivity index (χ1) is 8.96. The summed E-state index contributed by atoms with van der Waals surface area (Å²) in [5.74, 6) is 0.0706. The highest BCUT2D eigenvalue weighted by molar-refractivity contribution is 7.91. The number of hydrogen-bond acceptors (Lipinski definition) is 5. The van der Waals surface area contributed by atoms with E-state index in [0.717, 1.165) is 0 Å². The Kier molecular flexibility index (Phi) is 5.93. The largest absolute Gasteiger partial charge is 0.387 e. The van der Waals surface area contributed by atoms with Crippen LogP contribution in [-0.4, -0.2) is 38.9 Å². The second-order valence-electron chi connectivity index (χ2n) is 4.39. The summed E-state index contributed by atoms with van der Waals surface area (Å²) in [5, 5.41) is 13.2. The van der Waals surface area contributed by atoms with Gasteiger partial charge >= 0.3 is 0 Å². The highest BCUT2D eigenvalue weighted by atomic mass is 32.2. The van der Waals surface area contributed by atoms with E-state index in [-0.39, 0.29) is 16.7 Å². The Bertz CT molecular complexity index is 485. The van der Waals surface area contributed by atoms with E-state index in [4.69, 9.17) is 5.73 Å². The molecule has 1 rings (SSSR count). The normalized spacial score (nSPS) is 15.2. The third-order valence-corrected chi connectivity index (χ3v) is 4.94. The molecule has 0 radical (unpaired) electrons. The van der Waals surface area contributed by atoms with E-state index in [9.17, 15) is 13.5 Å². The maximum Gasteiger partial charge on any atom is 0.178 e. The Morgan fingerprint density at radius 1 is 1.32 bits per heavy atom. The monoisotopic (exact) mass is 286 g/mol. The fourth-order valence-electron chi connectivity index (χ4n) is 1.91. The molecule has 0 aliphatic rings. The highest BCUT2D eigenvalue weighted by Crippen LogP contribution is 2.21. The number of nitrogens with one attached hydrogen (secondary N) is 1. The van der Waals surface area contributed by atoms with Gasteiger partial charge in [-0.2, -0.15) is 0 Å². The fraction of sp³-hybridized carbons (Fsp3) is 0.538. The Hall–Kier alpha value is -0.950. The van der Waals surface area contributed by atoms with E-state index in [1.807, 2.05) is 0 Å². The van der Waals surface area contributed by atoms with Gasteiger partial charge in [-0.05, 0) is 37.7 Å². The summed E-state index contributed by atoms with van der Waals surface area (Å²) in [6.07, 6.45) is -0.0564. The summed E-state index contributed by atoms with van der Waals surface area (Å²) in [5.41, 5.74) is 6.17. The summed E-state index contributed by atoms with van der Waals surface area (Å²) in [7, 11) is -1.43. The lowest BCUT2D eigenvalue weighted by Crippen LogP contribution is -2.34. The van der Waals surface area contributed by atoms with Crippen molar-refractivity contribution >= 4 is 9.84 Å². The van der Waals surface area contributed by atoms with Crippen LogP contribution in [0.1, 0.15) is 25.0 Å². The van der Waals surface area contributed by atoms with E-state index >= 15 is 0 Å². The lowest BCUT2D eigenvalue weighted by Gasteiger charge is -2.22. The number of sulfone groups is 1. The minimum atomic E-state index is -3.19. The van der Waals surface area contributed by atoms with Crippen LogP contribution in [0.2, 0.25) is 0 Å². The molecule has 0 aliphatic heterocycles. The van der Waals surface area contributed by atoms with Crippen LogP contribution in [0, 0.1) is 0 Å². The van der Waals surface area contributed by atoms with Crippen LogP contribution in [0.4, 0.5) is 0 Å². The van der Waals surface area contributed by atoms with E-state index in [1.165, 1.54) is 12.1 Å². The van der Waals surface area contributed by atoms with Gasteiger partial charge in [-0.25, -0.2) is 8.42 Å². The average molecular weight is 286 g/mol. The zero-order valence-electron chi connectivity index (χ0n) is 11.3. The van der Waals surface area contributed by atoms with Crippen molar-refractivity contribution in [1.82, 2.24) is 5.32 Å². The van der Waals surface area contributed by atoms with Gasteiger partial charge < -0.3 is 16.2 Å². The second kappa shape index (κ2) is 7.00. The molecule has 2 atom stereocenters. The number of benzene rings is 1. The SMILES string of the molecule is CCS(=O)(=O)c1ccc(C(O)C(CCN)NC)cc1. The Labute approximate surface area is 114 Å². The zero-order valence-corrected chi connectivity index (χ0v) is 12.2. The summed E-state index contributed by atoms with van der Waals surface area (Å²) in [6.45, 7) is 2.08. The number of aliphatic hydroxyl groups is 1. The van der Waals surface area contributed by atoms with Crippen molar-refractivity contribution in [3.63, 3.8) is 0 Å². The molecule has 1 aromatic rings. The maximum atomic E-state index is 11.7. The topological polar surface area (TPSA) is 92.4 Å². The number of nitrogens with two attached hydrogens (primary N) is 1. The number of likely N-dealkylation sites (N-methyl/N-ethyl adjacent to an activating group) is 1. The molecule has 0 amide bonds. The van der Waals surface area contributed by atoms with Crippen molar-refractivity contribution in [1.29, 1.82) is 0 Å². The Morgan fingerprint density at radius 2 is 1.89 bits per heavy atom. The Morgan fingerprint density at radius 3 is 2.32 bits per heavy atom. The maximum absolute atomic E-state index is 11.7. The molecule has 0 aliphatic carbocycles. The van der Waals surface area contributed by atoms with Gasteiger partial charge in [0.05, 0.1) is 16.8 Å². The fourth-order valence-corrected chi connectivity index (χ4v) is 2.80. The third-order valence-electron chi connectivity index (χ3n) is 3.19. The van der Waals surface area contributed by atoms with Gasteiger partial charge in [0.25, 0.3) is 0 Å². The lowest BCUT2D eigenvalue weighted by atomic mass is 10.00. The molecule has 0 spiro atoms. The first-order valence-electron chi connectivity index (χ1n) is 6.34. The van der Waals surface area contributed by atoms with Crippen LogP contribution >= 0.6 is 0 Å². The molecule has 0 bridgehead atoms. The molecule has 1 aromatic carbocycles. The van der Waals surface area contributed by atoms with Gasteiger partial charge in [-0.15, -0.1) is 0 Å². The molecule has 108 valence electrons. The quantitative estimate of drug-likeness (QED) is 0.677. The van der Waals surface area contributed by atoms with Gasteiger partial charge in [0.15, 0.2) is 9.84 Å². The highest BCUT2D eigenvalue weighted by Gasteiger charge is 2.19. The summed E-state index contributed by atoms with van der Waals surface area (Å²) in [4.78, 5) is 0.283. The van der Waals surface area contributed by atoms with Gasteiger partial charge in [0.1, 0.15) is 0 Å². The van der Waals surface area contributed by atoms with Crippen LogP contribution in [0.3, 0.4) is 0 Å². The van der Waals surface area contributed by atoms with Crippen LogP contribution in [0.25, 0.3) is 0 Å². The summed E-state index contributed by atoms with van der Waals surface area (Å²) >= 11 is 0. The molecule has 0 heterocycles. The van der Waals surface area contributed by atoms with E-state index in [1.54, 1.807) is 26.1 Å². The molecule has 19 heavy (non-hydrogen) atoms. The molecule has 0 saturated heterocycles.